The fourth-order valence-electron chi connectivity index (χ4n) is 5.55. The van der Waals surface area contributed by atoms with Crippen molar-refractivity contribution < 1.29 is 31.9 Å². The molecule has 1 saturated carbocycles. The van der Waals surface area contributed by atoms with E-state index in [9.17, 15) is 27.2 Å². The Balaban J connectivity index is 1.42. The summed E-state index contributed by atoms with van der Waals surface area (Å²) in [5.41, 5.74) is 2.39. The third-order valence-electron chi connectivity index (χ3n) is 8.03. The molecule has 1 aromatic rings. The van der Waals surface area contributed by atoms with E-state index < -0.39 is 23.9 Å². The van der Waals surface area contributed by atoms with E-state index in [4.69, 9.17) is 4.74 Å². The Morgan fingerprint density at radius 1 is 1.14 bits per heavy atom. The molecule has 3 rings (SSSR count). The lowest BCUT2D eigenvalue weighted by atomic mass is 9.95. The first-order valence-corrected chi connectivity index (χ1v) is 14.6. The summed E-state index contributed by atoms with van der Waals surface area (Å²) < 4.78 is 59.0. The van der Waals surface area contributed by atoms with Crippen molar-refractivity contribution in [2.45, 2.75) is 64.1 Å². The smallest absolute Gasteiger partial charge is 0.471 e. The van der Waals surface area contributed by atoms with Gasteiger partial charge in [0.2, 0.25) is 5.91 Å². The van der Waals surface area contributed by atoms with Crippen molar-refractivity contribution in [3.8, 4) is 0 Å². The van der Waals surface area contributed by atoms with Gasteiger partial charge < -0.3 is 19.4 Å². The number of hydrogen-bond acceptors (Lipinski definition) is 4. The summed E-state index contributed by atoms with van der Waals surface area (Å²) in [4.78, 5) is 29.8. The van der Waals surface area contributed by atoms with E-state index in [-0.39, 0.29) is 24.3 Å². The van der Waals surface area contributed by atoms with Crippen LogP contribution in [0.4, 0.5) is 17.6 Å². The summed E-state index contributed by atoms with van der Waals surface area (Å²) in [6.45, 7) is 14.8. The molecule has 2 fully saturated rings. The molecule has 0 N–H and O–H groups in total. The molecule has 232 valence electrons. The Morgan fingerprint density at radius 3 is 2.38 bits per heavy atom. The van der Waals surface area contributed by atoms with Gasteiger partial charge in [-0.3, -0.25) is 9.59 Å². The first-order chi connectivity index (χ1) is 19.8. The van der Waals surface area contributed by atoms with Gasteiger partial charge in [-0.25, -0.2) is 4.39 Å². The zero-order chi connectivity index (χ0) is 31.0. The number of nitrogens with zero attached hydrogens (tertiary/aromatic N) is 3. The monoisotopic (exact) mass is 593 g/mol. The van der Waals surface area contributed by atoms with Gasteiger partial charge in [-0.1, -0.05) is 31.4 Å². The molecule has 10 heteroatoms. The minimum absolute atomic E-state index is 0.0159. The van der Waals surface area contributed by atoms with Gasteiger partial charge in [-0.2, -0.15) is 13.2 Å². The Labute approximate surface area is 246 Å². The van der Waals surface area contributed by atoms with Crippen LogP contribution in [0.5, 0.6) is 0 Å². The van der Waals surface area contributed by atoms with Crippen molar-refractivity contribution in [2.24, 2.45) is 5.92 Å². The quantitative estimate of drug-likeness (QED) is 0.149. The number of hydrogen-bond donors (Lipinski definition) is 0. The van der Waals surface area contributed by atoms with Crippen LogP contribution in [0.3, 0.4) is 0 Å². The predicted octanol–water partition coefficient (Wildman–Crippen LogP) is 6.08. The molecule has 0 bridgehead atoms. The lowest BCUT2D eigenvalue weighted by molar-refractivity contribution is -0.187. The normalized spacial score (nSPS) is 19.7. The molecule has 0 spiro atoms. The molecule has 2 amide bonds. The lowest BCUT2D eigenvalue weighted by Crippen LogP contribution is -2.47. The summed E-state index contributed by atoms with van der Waals surface area (Å²) in [6, 6.07) is 5.21. The van der Waals surface area contributed by atoms with E-state index >= 15 is 0 Å². The van der Waals surface area contributed by atoms with Crippen LogP contribution in [0, 0.1) is 11.7 Å². The fourth-order valence-corrected chi connectivity index (χ4v) is 5.55. The number of rotatable bonds is 14. The first-order valence-electron chi connectivity index (χ1n) is 14.6. The highest BCUT2D eigenvalue weighted by molar-refractivity contribution is 5.82. The number of allylic oxidation sites excluding steroid dienone is 1. The maximum absolute atomic E-state index is 13.4. The molecule has 1 aromatic carbocycles. The molecule has 2 atom stereocenters. The Morgan fingerprint density at radius 2 is 1.79 bits per heavy atom. The second-order valence-electron chi connectivity index (χ2n) is 11.4. The molecule has 2 aliphatic rings. The van der Waals surface area contributed by atoms with Crippen molar-refractivity contribution >= 4 is 11.8 Å². The molecule has 2 unspecified atom stereocenters. The van der Waals surface area contributed by atoms with Gasteiger partial charge in [-0.15, -0.1) is 0 Å². The minimum Gasteiger partial charge on any atom is -0.494 e. The van der Waals surface area contributed by atoms with Gasteiger partial charge in [0.1, 0.15) is 11.6 Å². The SMILES string of the molecule is C=C(/C=C(\C)C(=C)OCC)CN(C)C(=O)CCCN1CCC(CN(C(=O)C(F)(F)F)C2CC2c2ccc(F)cc2)CC1. The van der Waals surface area contributed by atoms with Crippen LogP contribution >= 0.6 is 0 Å². The van der Waals surface area contributed by atoms with E-state index in [0.717, 1.165) is 28.2 Å². The fraction of sp³-hybridized carbons (Fsp3) is 0.562. The van der Waals surface area contributed by atoms with Crippen LogP contribution in [0.2, 0.25) is 0 Å². The maximum Gasteiger partial charge on any atom is 0.471 e. The number of alkyl halides is 3. The third-order valence-corrected chi connectivity index (χ3v) is 8.03. The second kappa shape index (κ2) is 14.8. The molecule has 1 aliphatic carbocycles. The first kappa shape index (κ1) is 33.4. The van der Waals surface area contributed by atoms with Crippen LogP contribution in [0.25, 0.3) is 0 Å². The summed E-state index contributed by atoms with van der Waals surface area (Å²) in [6.07, 6.45) is -0.198. The standard InChI is InChI=1S/C32H43F4N3O3/c1-6-42-24(4)23(3)18-22(2)20-37(5)30(40)8-7-15-38-16-13-25(14-17-38)21-39(31(41)32(34,35)36)29-19-28(29)26-9-11-27(33)12-10-26/h9-12,18,25,28-29H,2,4,6-8,13-17,19-21H2,1,3,5H3/b23-18+. The van der Waals surface area contributed by atoms with Gasteiger partial charge in [-0.05, 0) is 93.9 Å². The molecule has 42 heavy (non-hydrogen) atoms. The highest BCUT2D eigenvalue weighted by atomic mass is 19.4. The molecule has 6 nitrogen and oxygen atoms in total. The van der Waals surface area contributed by atoms with Gasteiger partial charge >= 0.3 is 12.1 Å². The molecular formula is C32H43F4N3O3. The number of carbonyl (C=O) groups excluding carboxylic acids is 2. The van der Waals surface area contributed by atoms with Gasteiger partial charge in [0, 0.05) is 38.5 Å². The Bertz CT molecular complexity index is 1140. The number of carbonyl (C=O) groups is 2. The molecule has 1 saturated heterocycles. The van der Waals surface area contributed by atoms with Crippen LogP contribution in [0.1, 0.15) is 57.4 Å². The zero-order valence-corrected chi connectivity index (χ0v) is 24.9. The average Bonchev–Trinajstić information content (AvgIpc) is 3.72. The van der Waals surface area contributed by atoms with Crippen LogP contribution in [-0.2, 0) is 14.3 Å². The third kappa shape index (κ3) is 9.71. The van der Waals surface area contributed by atoms with Crippen molar-refractivity contribution in [2.75, 3.05) is 46.4 Å². The van der Waals surface area contributed by atoms with Crippen molar-refractivity contribution in [1.82, 2.24) is 14.7 Å². The number of likely N-dealkylation sites (N-methyl/N-ethyl adjacent to an activating group) is 1. The molecule has 1 aliphatic heterocycles. The topological polar surface area (TPSA) is 53.1 Å². The molecular weight excluding hydrogens is 550 g/mol. The van der Waals surface area contributed by atoms with Crippen LogP contribution < -0.4 is 0 Å². The second-order valence-corrected chi connectivity index (χ2v) is 11.4. The van der Waals surface area contributed by atoms with Crippen molar-refractivity contribution in [1.29, 1.82) is 0 Å². The maximum atomic E-state index is 13.4. The van der Waals surface area contributed by atoms with Gasteiger partial charge in [0.25, 0.3) is 0 Å². The van der Waals surface area contributed by atoms with Gasteiger partial charge in [0.05, 0.1) is 6.61 Å². The molecule has 0 radical (unpaired) electrons. The Hall–Kier alpha value is -3.14. The summed E-state index contributed by atoms with van der Waals surface area (Å²) in [5.74, 6) is -1.85. The number of amides is 2. The largest absolute Gasteiger partial charge is 0.494 e. The van der Waals surface area contributed by atoms with Crippen LogP contribution in [0.15, 0.2) is 60.4 Å². The van der Waals surface area contributed by atoms with E-state index in [2.05, 4.69) is 18.1 Å². The van der Waals surface area contributed by atoms with Crippen molar-refractivity contribution in [3.63, 3.8) is 0 Å². The highest BCUT2D eigenvalue weighted by Crippen LogP contribution is 2.46. The highest BCUT2D eigenvalue weighted by Gasteiger charge is 2.52. The molecule has 0 aromatic heterocycles. The number of piperidine rings is 1. The summed E-state index contributed by atoms with van der Waals surface area (Å²) in [5, 5.41) is 0. The summed E-state index contributed by atoms with van der Waals surface area (Å²) in [7, 11) is 1.74. The lowest BCUT2D eigenvalue weighted by Gasteiger charge is -2.35. The zero-order valence-electron chi connectivity index (χ0n) is 24.9. The van der Waals surface area contributed by atoms with Crippen molar-refractivity contribution in [3.05, 3.63) is 71.8 Å². The molecule has 1 heterocycles. The number of halogens is 4. The number of ether oxygens (including phenoxy) is 1. The summed E-state index contributed by atoms with van der Waals surface area (Å²) >= 11 is 0. The number of benzene rings is 1. The van der Waals surface area contributed by atoms with Gasteiger partial charge in [0.15, 0.2) is 0 Å². The van der Waals surface area contributed by atoms with E-state index in [1.165, 1.54) is 12.1 Å². The minimum atomic E-state index is -4.93. The average molecular weight is 594 g/mol. The number of likely N-dealkylation sites (tertiary alicyclic amines) is 1. The predicted molar refractivity (Wildman–Crippen MR) is 155 cm³/mol. The van der Waals surface area contributed by atoms with E-state index in [1.54, 1.807) is 24.1 Å². The van der Waals surface area contributed by atoms with Crippen LogP contribution in [-0.4, -0.2) is 85.1 Å². The van der Waals surface area contributed by atoms with E-state index in [0.29, 0.717) is 64.1 Å². The van der Waals surface area contributed by atoms with E-state index in [1.807, 2.05) is 19.9 Å². The Kier molecular flexibility index (Phi) is 11.8.